The lowest BCUT2D eigenvalue weighted by Gasteiger charge is -2.24. The Morgan fingerprint density at radius 3 is 2.74 bits per heavy atom. The number of carbonyl (C=O) groups is 3. The third-order valence-corrected chi connectivity index (χ3v) is 2.88. The minimum Gasteiger partial charge on any atom is -0.454 e. The Morgan fingerprint density at radius 2 is 1.95 bits per heavy atom. The molecule has 1 fully saturated rings. The molecule has 0 spiro atoms. The van der Waals surface area contributed by atoms with E-state index in [1.54, 1.807) is 18.2 Å². The van der Waals surface area contributed by atoms with Crippen LogP contribution in [0.1, 0.15) is 12.0 Å². The van der Waals surface area contributed by atoms with E-state index in [0.29, 0.717) is 11.5 Å². The van der Waals surface area contributed by atoms with E-state index >= 15 is 0 Å². The predicted molar refractivity (Wildman–Crippen MR) is 61.3 cm³/mol. The summed E-state index contributed by atoms with van der Waals surface area (Å²) in [7, 11) is 0. The van der Waals surface area contributed by atoms with Crippen molar-refractivity contribution in [2.45, 2.75) is 13.0 Å². The lowest BCUT2D eigenvalue weighted by atomic mass is 10.1. The van der Waals surface area contributed by atoms with Gasteiger partial charge in [0.2, 0.25) is 18.6 Å². The highest BCUT2D eigenvalue weighted by Gasteiger charge is 2.30. The maximum Gasteiger partial charge on any atom is 0.331 e. The summed E-state index contributed by atoms with van der Waals surface area (Å²) in [6, 6.07) is 4.47. The lowest BCUT2D eigenvalue weighted by molar-refractivity contribution is -0.136. The number of rotatable bonds is 2. The number of benzene rings is 1. The molecule has 2 aliphatic heterocycles. The number of amides is 4. The predicted octanol–water partition coefficient (Wildman–Crippen LogP) is 0.384. The molecule has 2 aliphatic rings. The fraction of sp³-hybridized carbons (Fsp3) is 0.250. The zero-order valence-corrected chi connectivity index (χ0v) is 9.84. The molecule has 0 aliphatic carbocycles. The van der Waals surface area contributed by atoms with E-state index in [-0.39, 0.29) is 19.8 Å². The fourth-order valence-electron chi connectivity index (χ4n) is 1.96. The smallest absolute Gasteiger partial charge is 0.331 e. The summed E-state index contributed by atoms with van der Waals surface area (Å²) >= 11 is 0. The van der Waals surface area contributed by atoms with E-state index in [2.05, 4.69) is 5.32 Å². The molecule has 1 aromatic rings. The van der Waals surface area contributed by atoms with Crippen molar-refractivity contribution in [2.75, 3.05) is 6.79 Å². The molecule has 0 unspecified atom stereocenters. The van der Waals surface area contributed by atoms with Crippen LogP contribution in [0.15, 0.2) is 18.2 Å². The van der Waals surface area contributed by atoms with Crippen LogP contribution in [0.3, 0.4) is 0 Å². The van der Waals surface area contributed by atoms with Crippen molar-refractivity contribution < 1.29 is 23.9 Å². The lowest BCUT2D eigenvalue weighted by Crippen LogP contribution is -2.52. The van der Waals surface area contributed by atoms with Crippen LogP contribution in [0.5, 0.6) is 11.5 Å². The number of urea groups is 1. The van der Waals surface area contributed by atoms with Crippen molar-refractivity contribution in [3.63, 3.8) is 0 Å². The summed E-state index contributed by atoms with van der Waals surface area (Å²) in [5.41, 5.74) is 0.724. The normalized spacial score (nSPS) is 17.7. The van der Waals surface area contributed by atoms with Gasteiger partial charge in [-0.3, -0.25) is 19.8 Å². The Kier molecular flexibility index (Phi) is 2.59. The van der Waals surface area contributed by atoms with E-state index in [1.165, 1.54) is 0 Å². The SMILES string of the molecule is O=C1CC(=O)N(Cc2ccc3c(c2)OCO3)C(=O)N1. The van der Waals surface area contributed by atoms with Gasteiger partial charge in [0.05, 0.1) is 6.54 Å². The quantitative estimate of drug-likeness (QED) is 0.779. The van der Waals surface area contributed by atoms with E-state index in [4.69, 9.17) is 9.47 Å². The van der Waals surface area contributed by atoms with Crippen LogP contribution in [-0.2, 0) is 16.1 Å². The summed E-state index contributed by atoms with van der Waals surface area (Å²) in [4.78, 5) is 35.2. The molecule has 19 heavy (non-hydrogen) atoms. The minimum absolute atomic E-state index is 0.0919. The van der Waals surface area contributed by atoms with Crippen LogP contribution in [-0.4, -0.2) is 29.5 Å². The summed E-state index contributed by atoms with van der Waals surface area (Å²) in [6.45, 7) is 0.255. The second kappa shape index (κ2) is 4.27. The first kappa shape index (κ1) is 11.5. The second-order valence-electron chi connectivity index (χ2n) is 4.20. The number of carbonyl (C=O) groups excluding carboxylic acids is 3. The molecule has 0 bridgehead atoms. The molecule has 4 amide bonds. The molecule has 0 saturated carbocycles. The summed E-state index contributed by atoms with van der Waals surface area (Å²) in [5.74, 6) is 0.134. The van der Waals surface area contributed by atoms with Crippen molar-refractivity contribution in [1.29, 1.82) is 0 Å². The van der Waals surface area contributed by atoms with Gasteiger partial charge in [0.1, 0.15) is 6.42 Å². The third-order valence-electron chi connectivity index (χ3n) is 2.88. The van der Waals surface area contributed by atoms with Gasteiger partial charge >= 0.3 is 6.03 Å². The molecule has 3 rings (SSSR count). The Labute approximate surface area is 108 Å². The molecule has 7 nitrogen and oxygen atoms in total. The first-order valence-corrected chi connectivity index (χ1v) is 5.66. The van der Waals surface area contributed by atoms with Gasteiger partial charge in [-0.1, -0.05) is 6.07 Å². The Balaban J connectivity index is 1.79. The molecule has 0 atom stereocenters. The maximum absolute atomic E-state index is 11.6. The zero-order valence-electron chi connectivity index (χ0n) is 9.84. The van der Waals surface area contributed by atoms with Crippen molar-refractivity contribution in [1.82, 2.24) is 10.2 Å². The van der Waals surface area contributed by atoms with Crippen molar-refractivity contribution in [3.8, 4) is 11.5 Å². The van der Waals surface area contributed by atoms with E-state index < -0.39 is 17.8 Å². The van der Waals surface area contributed by atoms with Gasteiger partial charge < -0.3 is 9.47 Å². The van der Waals surface area contributed by atoms with Gasteiger partial charge in [0, 0.05) is 0 Å². The number of fused-ring (bicyclic) bond motifs is 1. The number of nitrogens with one attached hydrogen (secondary N) is 1. The molecule has 0 aromatic heterocycles. The average Bonchev–Trinajstić information content (AvgIpc) is 2.81. The van der Waals surface area contributed by atoms with Crippen molar-refractivity contribution in [2.24, 2.45) is 0 Å². The standard InChI is InChI=1S/C12H10N2O5/c15-10-4-11(16)14(12(17)13-10)5-7-1-2-8-9(3-7)19-6-18-8/h1-3H,4-6H2,(H,13,15,17). The van der Waals surface area contributed by atoms with Crippen LogP contribution in [0, 0.1) is 0 Å². The molecule has 0 radical (unpaired) electrons. The molecule has 1 N–H and O–H groups in total. The Hall–Kier alpha value is -2.57. The van der Waals surface area contributed by atoms with E-state index in [1.807, 2.05) is 0 Å². The van der Waals surface area contributed by atoms with Gasteiger partial charge in [-0.15, -0.1) is 0 Å². The number of barbiturate groups is 1. The molecule has 1 saturated heterocycles. The van der Waals surface area contributed by atoms with Crippen LogP contribution in [0.25, 0.3) is 0 Å². The number of hydrogen-bond acceptors (Lipinski definition) is 5. The first-order valence-electron chi connectivity index (χ1n) is 5.66. The fourth-order valence-corrected chi connectivity index (χ4v) is 1.96. The number of ether oxygens (including phenoxy) is 2. The number of imide groups is 2. The minimum atomic E-state index is -0.695. The zero-order chi connectivity index (χ0) is 13.4. The highest BCUT2D eigenvalue weighted by Crippen LogP contribution is 2.32. The van der Waals surface area contributed by atoms with Gasteiger partial charge in [-0.05, 0) is 17.7 Å². The van der Waals surface area contributed by atoms with Crippen LogP contribution in [0.2, 0.25) is 0 Å². The number of hydrogen-bond donors (Lipinski definition) is 1. The monoisotopic (exact) mass is 262 g/mol. The molecule has 2 heterocycles. The molecule has 7 heteroatoms. The summed E-state index contributed by atoms with van der Waals surface area (Å²) < 4.78 is 10.4. The molecular weight excluding hydrogens is 252 g/mol. The van der Waals surface area contributed by atoms with Gasteiger partial charge in [-0.2, -0.15) is 0 Å². The highest BCUT2D eigenvalue weighted by atomic mass is 16.7. The topological polar surface area (TPSA) is 84.9 Å². The third kappa shape index (κ3) is 2.10. The number of nitrogens with zero attached hydrogens (tertiary/aromatic N) is 1. The molecule has 1 aromatic carbocycles. The van der Waals surface area contributed by atoms with Gasteiger partial charge in [0.25, 0.3) is 0 Å². The average molecular weight is 262 g/mol. The first-order chi connectivity index (χ1) is 9.13. The molecule has 98 valence electrons. The van der Waals surface area contributed by atoms with Gasteiger partial charge in [0.15, 0.2) is 11.5 Å². The Bertz CT molecular complexity index is 563. The van der Waals surface area contributed by atoms with Gasteiger partial charge in [-0.25, -0.2) is 4.79 Å². The van der Waals surface area contributed by atoms with Crippen LogP contribution < -0.4 is 14.8 Å². The van der Waals surface area contributed by atoms with E-state index in [9.17, 15) is 14.4 Å². The summed E-state index contributed by atoms with van der Waals surface area (Å²) in [6.07, 6.45) is -0.309. The Morgan fingerprint density at radius 1 is 1.16 bits per heavy atom. The van der Waals surface area contributed by atoms with E-state index in [0.717, 1.165) is 10.5 Å². The summed E-state index contributed by atoms with van der Waals surface area (Å²) in [5, 5.41) is 2.10. The van der Waals surface area contributed by atoms with Crippen molar-refractivity contribution >= 4 is 17.8 Å². The largest absolute Gasteiger partial charge is 0.454 e. The molecular formula is C12H10N2O5. The van der Waals surface area contributed by atoms with Crippen LogP contribution >= 0.6 is 0 Å². The van der Waals surface area contributed by atoms with Crippen molar-refractivity contribution in [3.05, 3.63) is 23.8 Å². The maximum atomic E-state index is 11.6. The second-order valence-corrected chi connectivity index (χ2v) is 4.20. The highest BCUT2D eigenvalue weighted by molar-refractivity contribution is 6.14. The van der Waals surface area contributed by atoms with Crippen LogP contribution in [0.4, 0.5) is 4.79 Å².